The predicted octanol–water partition coefficient (Wildman–Crippen LogP) is 3.42. The maximum atomic E-state index is 12.6. The van der Waals surface area contributed by atoms with Crippen molar-refractivity contribution in [3.8, 4) is 0 Å². The minimum Gasteiger partial charge on any atom is -0.356 e. The summed E-state index contributed by atoms with van der Waals surface area (Å²) in [5.41, 5.74) is 3.77. The van der Waals surface area contributed by atoms with Crippen LogP contribution in [0.15, 0.2) is 59.6 Å². The smallest absolute Gasteiger partial charge is 0.227 e. The van der Waals surface area contributed by atoms with Crippen molar-refractivity contribution in [3.05, 3.63) is 65.7 Å². The summed E-state index contributed by atoms with van der Waals surface area (Å²) in [7, 11) is 1.84. The van der Waals surface area contributed by atoms with Crippen LogP contribution in [0.25, 0.3) is 0 Å². The van der Waals surface area contributed by atoms with Crippen LogP contribution in [0, 0.1) is 0 Å². The van der Waals surface area contributed by atoms with Crippen LogP contribution >= 0.6 is 0 Å². The molecule has 2 heterocycles. The first-order chi connectivity index (χ1) is 14.3. The Balaban J connectivity index is 1.22. The zero-order valence-electron chi connectivity index (χ0n) is 17.2. The molecule has 1 atom stereocenters. The predicted molar refractivity (Wildman–Crippen MR) is 118 cm³/mol. The zero-order chi connectivity index (χ0) is 20.1. The van der Waals surface area contributed by atoms with Crippen molar-refractivity contribution >= 4 is 17.6 Å². The molecule has 1 unspecified atom stereocenters. The van der Waals surface area contributed by atoms with Crippen LogP contribution in [-0.2, 0) is 11.2 Å². The first-order valence-electron chi connectivity index (χ1n) is 10.6. The molecule has 1 amide bonds. The summed E-state index contributed by atoms with van der Waals surface area (Å²) in [6, 6.07) is 18.9. The lowest BCUT2D eigenvalue weighted by Crippen LogP contribution is -2.40. The zero-order valence-corrected chi connectivity index (χ0v) is 17.2. The maximum absolute atomic E-state index is 12.6. The van der Waals surface area contributed by atoms with Crippen LogP contribution in [-0.4, -0.2) is 50.0 Å². The molecule has 2 aliphatic rings. The molecule has 2 aromatic carbocycles. The number of nitrogens with zero attached hydrogens (tertiary/aromatic N) is 3. The SMILES string of the molecule is CN=C(NCCCC(=O)N1CCc2ccccc21)N1CCC(c2ccccc2)C1. The summed E-state index contributed by atoms with van der Waals surface area (Å²) in [5.74, 6) is 1.73. The van der Waals surface area contributed by atoms with Crippen LogP contribution < -0.4 is 10.2 Å². The number of nitrogens with one attached hydrogen (secondary N) is 1. The lowest BCUT2D eigenvalue weighted by Gasteiger charge is -2.22. The van der Waals surface area contributed by atoms with Crippen LogP contribution in [0.5, 0.6) is 0 Å². The molecular weight excluding hydrogens is 360 g/mol. The van der Waals surface area contributed by atoms with Crippen LogP contribution in [0.1, 0.15) is 36.3 Å². The molecule has 0 bridgehead atoms. The topological polar surface area (TPSA) is 47.9 Å². The van der Waals surface area contributed by atoms with Gasteiger partial charge in [-0.15, -0.1) is 0 Å². The van der Waals surface area contributed by atoms with Gasteiger partial charge in [-0.3, -0.25) is 9.79 Å². The number of anilines is 1. The van der Waals surface area contributed by atoms with Crippen molar-refractivity contribution in [1.82, 2.24) is 10.2 Å². The molecule has 152 valence electrons. The number of amides is 1. The number of guanidine groups is 1. The minimum absolute atomic E-state index is 0.219. The van der Waals surface area contributed by atoms with Gasteiger partial charge in [0.1, 0.15) is 0 Å². The van der Waals surface area contributed by atoms with Crippen molar-refractivity contribution in [2.75, 3.05) is 38.1 Å². The Labute approximate surface area is 173 Å². The molecule has 4 rings (SSSR count). The molecule has 1 saturated heterocycles. The Morgan fingerprint density at radius 3 is 2.72 bits per heavy atom. The van der Waals surface area contributed by atoms with Gasteiger partial charge in [0, 0.05) is 51.3 Å². The van der Waals surface area contributed by atoms with Gasteiger partial charge < -0.3 is 15.1 Å². The first-order valence-corrected chi connectivity index (χ1v) is 10.6. The summed E-state index contributed by atoms with van der Waals surface area (Å²) >= 11 is 0. The summed E-state index contributed by atoms with van der Waals surface area (Å²) in [6.45, 7) is 3.58. The normalized spacial score (nSPS) is 18.8. The summed E-state index contributed by atoms with van der Waals surface area (Å²) < 4.78 is 0. The van der Waals surface area contributed by atoms with Crippen molar-refractivity contribution in [1.29, 1.82) is 0 Å². The van der Waals surface area contributed by atoms with Crippen molar-refractivity contribution in [3.63, 3.8) is 0 Å². The van der Waals surface area contributed by atoms with E-state index in [-0.39, 0.29) is 5.91 Å². The van der Waals surface area contributed by atoms with Crippen molar-refractivity contribution in [2.24, 2.45) is 4.99 Å². The third kappa shape index (κ3) is 4.44. The van der Waals surface area contributed by atoms with E-state index in [4.69, 9.17) is 0 Å². The molecular formula is C24H30N4O. The van der Waals surface area contributed by atoms with Crippen LogP contribution in [0.2, 0.25) is 0 Å². The number of para-hydroxylation sites is 1. The molecule has 5 heteroatoms. The van der Waals surface area contributed by atoms with E-state index in [1.165, 1.54) is 11.1 Å². The number of carbonyl (C=O) groups is 1. The first kappa shape index (κ1) is 19.5. The third-order valence-corrected chi connectivity index (χ3v) is 6.01. The van der Waals surface area contributed by atoms with Gasteiger partial charge in [-0.25, -0.2) is 0 Å². The molecule has 1 N–H and O–H groups in total. The molecule has 5 nitrogen and oxygen atoms in total. The Bertz CT molecular complexity index is 864. The summed E-state index contributed by atoms with van der Waals surface area (Å²) in [6.07, 6.45) is 3.49. The lowest BCUT2D eigenvalue weighted by molar-refractivity contribution is -0.118. The highest BCUT2D eigenvalue weighted by atomic mass is 16.2. The fraction of sp³-hybridized carbons (Fsp3) is 0.417. The van der Waals surface area contributed by atoms with Gasteiger partial charge in [0.25, 0.3) is 0 Å². The van der Waals surface area contributed by atoms with Crippen molar-refractivity contribution in [2.45, 2.75) is 31.6 Å². The maximum Gasteiger partial charge on any atom is 0.227 e. The average molecular weight is 391 g/mol. The van der Waals surface area contributed by atoms with E-state index in [1.54, 1.807) is 0 Å². The second kappa shape index (κ2) is 9.12. The third-order valence-electron chi connectivity index (χ3n) is 6.01. The number of carbonyl (C=O) groups excluding carboxylic acids is 1. The molecule has 0 aliphatic carbocycles. The molecule has 1 fully saturated rings. The Hall–Kier alpha value is -2.82. The van der Waals surface area contributed by atoms with Gasteiger partial charge in [-0.1, -0.05) is 48.5 Å². The number of hydrogen-bond acceptors (Lipinski definition) is 2. The number of likely N-dealkylation sites (tertiary alicyclic amines) is 1. The number of fused-ring (bicyclic) bond motifs is 1. The van der Waals surface area contributed by atoms with Gasteiger partial charge in [0.15, 0.2) is 5.96 Å². The van der Waals surface area contributed by atoms with Crippen LogP contribution in [0.3, 0.4) is 0 Å². The van der Waals surface area contributed by atoms with E-state index >= 15 is 0 Å². The van der Waals surface area contributed by atoms with E-state index in [1.807, 2.05) is 24.1 Å². The highest BCUT2D eigenvalue weighted by molar-refractivity contribution is 5.95. The fourth-order valence-electron chi connectivity index (χ4n) is 4.45. The van der Waals surface area contributed by atoms with E-state index < -0.39 is 0 Å². The molecule has 0 saturated carbocycles. The van der Waals surface area contributed by atoms with E-state index in [0.29, 0.717) is 12.3 Å². The van der Waals surface area contributed by atoms with Gasteiger partial charge >= 0.3 is 0 Å². The van der Waals surface area contributed by atoms with Crippen LogP contribution in [0.4, 0.5) is 5.69 Å². The quantitative estimate of drug-likeness (QED) is 0.483. The molecule has 0 aromatic heterocycles. The number of rotatable bonds is 5. The summed E-state index contributed by atoms with van der Waals surface area (Å²) in [5, 5.41) is 3.45. The molecule has 29 heavy (non-hydrogen) atoms. The minimum atomic E-state index is 0.219. The molecule has 0 radical (unpaired) electrons. The number of benzene rings is 2. The molecule has 2 aliphatic heterocycles. The van der Waals surface area contributed by atoms with E-state index in [9.17, 15) is 4.79 Å². The number of hydrogen-bond donors (Lipinski definition) is 1. The van der Waals surface area contributed by atoms with E-state index in [2.05, 4.69) is 57.7 Å². The highest BCUT2D eigenvalue weighted by Gasteiger charge is 2.26. The highest BCUT2D eigenvalue weighted by Crippen LogP contribution is 2.28. The lowest BCUT2D eigenvalue weighted by atomic mass is 9.99. The Morgan fingerprint density at radius 1 is 1.10 bits per heavy atom. The van der Waals surface area contributed by atoms with Gasteiger partial charge in [-0.05, 0) is 36.5 Å². The van der Waals surface area contributed by atoms with Gasteiger partial charge in [0.2, 0.25) is 5.91 Å². The van der Waals surface area contributed by atoms with E-state index in [0.717, 1.165) is 57.1 Å². The van der Waals surface area contributed by atoms with Gasteiger partial charge in [0.05, 0.1) is 0 Å². The standard InChI is InChI=1S/C24H30N4O/c1-25-24(27-16-13-21(18-27)19-8-3-2-4-9-19)26-15-7-12-23(29)28-17-14-20-10-5-6-11-22(20)28/h2-6,8-11,21H,7,12-18H2,1H3,(H,25,26). The molecule has 2 aromatic rings. The van der Waals surface area contributed by atoms with Gasteiger partial charge in [-0.2, -0.15) is 0 Å². The Morgan fingerprint density at radius 2 is 1.90 bits per heavy atom. The fourth-order valence-corrected chi connectivity index (χ4v) is 4.45. The Kier molecular flexibility index (Phi) is 6.13. The van der Waals surface area contributed by atoms with Crippen molar-refractivity contribution < 1.29 is 4.79 Å². The average Bonchev–Trinajstić information content (AvgIpc) is 3.42. The monoisotopic (exact) mass is 390 g/mol. The molecule has 0 spiro atoms. The largest absolute Gasteiger partial charge is 0.356 e. The summed E-state index contributed by atoms with van der Waals surface area (Å²) in [4.78, 5) is 21.4. The second-order valence-corrected chi connectivity index (χ2v) is 7.84. The number of aliphatic imine (C=N–C) groups is 1. The second-order valence-electron chi connectivity index (χ2n) is 7.84.